The van der Waals surface area contributed by atoms with Crippen LogP contribution in [0.25, 0.3) is 5.69 Å². The van der Waals surface area contributed by atoms with Gasteiger partial charge in [0, 0.05) is 38.0 Å². The van der Waals surface area contributed by atoms with Gasteiger partial charge in [-0.3, -0.25) is 4.79 Å². The molecule has 3 N–H and O–H groups in total. The minimum atomic E-state index is -0.0737. The lowest BCUT2D eigenvalue weighted by atomic mass is 9.83. The van der Waals surface area contributed by atoms with Crippen LogP contribution < -0.4 is 11.1 Å². The summed E-state index contributed by atoms with van der Waals surface area (Å²) in [6.07, 6.45) is 6.10. The summed E-state index contributed by atoms with van der Waals surface area (Å²) in [6.45, 7) is 2.46. The Bertz CT molecular complexity index is 728. The Kier molecular flexibility index (Phi) is 5.50. The Balaban J connectivity index is 1.65. The average Bonchev–Trinajstić information content (AvgIpc) is 3.05. The summed E-state index contributed by atoms with van der Waals surface area (Å²) in [5.41, 5.74) is 8.22. The first kappa shape index (κ1) is 17.6. The van der Waals surface area contributed by atoms with Gasteiger partial charge in [0.15, 0.2) is 0 Å². The van der Waals surface area contributed by atoms with E-state index in [4.69, 9.17) is 10.5 Å². The lowest BCUT2D eigenvalue weighted by Crippen LogP contribution is -2.45. The Hall–Kier alpha value is -2.18. The van der Waals surface area contributed by atoms with Gasteiger partial charge < -0.3 is 20.4 Å². The molecular weight excluding hydrogens is 316 g/mol. The van der Waals surface area contributed by atoms with E-state index in [0.29, 0.717) is 13.0 Å². The van der Waals surface area contributed by atoms with E-state index in [9.17, 15) is 4.79 Å². The third-order valence-electron chi connectivity index (χ3n) is 5.04. The highest BCUT2D eigenvalue weighted by atomic mass is 16.5. The van der Waals surface area contributed by atoms with Crippen molar-refractivity contribution in [3.8, 4) is 5.69 Å². The molecule has 1 amide bonds. The van der Waals surface area contributed by atoms with Crippen molar-refractivity contribution in [3.63, 3.8) is 0 Å². The van der Waals surface area contributed by atoms with Gasteiger partial charge >= 0.3 is 0 Å². The van der Waals surface area contributed by atoms with E-state index in [1.54, 1.807) is 13.3 Å². The normalized spacial score (nSPS) is 23.4. The molecule has 25 heavy (non-hydrogen) atoms. The van der Waals surface area contributed by atoms with Gasteiger partial charge in [-0.1, -0.05) is 18.2 Å². The summed E-state index contributed by atoms with van der Waals surface area (Å²) in [5, 5.41) is 3.07. The van der Waals surface area contributed by atoms with Crippen LogP contribution in [-0.4, -0.2) is 34.7 Å². The molecule has 1 fully saturated rings. The third-order valence-corrected chi connectivity index (χ3v) is 5.04. The molecule has 1 heterocycles. The molecule has 3 rings (SSSR count). The van der Waals surface area contributed by atoms with Crippen LogP contribution in [0.4, 0.5) is 0 Å². The van der Waals surface area contributed by atoms with Crippen LogP contribution in [-0.2, 0) is 16.1 Å². The monoisotopic (exact) mass is 342 g/mol. The molecule has 0 unspecified atom stereocenters. The number of carbonyl (C=O) groups excluding carboxylic acids is 1. The first-order chi connectivity index (χ1) is 12.1. The molecular formula is C19H26N4O2. The standard InChI is InChI=1S/C19H26N4O2/c1-13-21-9-10-23(13)17-6-4-3-5-15(17)12-22-19(24)14-7-8-18(25-2)16(20)11-14/h3-6,9-10,14,16,18H,7-8,11-12,20H2,1-2H3,(H,22,24)/t14-,16+,18+/m0/s1. The number of nitrogens with two attached hydrogens (primary N) is 1. The molecule has 1 aliphatic rings. The highest BCUT2D eigenvalue weighted by Gasteiger charge is 2.31. The number of aromatic nitrogens is 2. The predicted octanol–water partition coefficient (Wildman–Crippen LogP) is 1.94. The number of methoxy groups -OCH3 is 1. The fraction of sp³-hybridized carbons (Fsp3) is 0.474. The number of hydrogen-bond acceptors (Lipinski definition) is 4. The zero-order chi connectivity index (χ0) is 17.8. The number of carbonyl (C=O) groups is 1. The highest BCUT2D eigenvalue weighted by Crippen LogP contribution is 2.25. The van der Waals surface area contributed by atoms with Gasteiger partial charge in [-0.15, -0.1) is 0 Å². The highest BCUT2D eigenvalue weighted by molar-refractivity contribution is 5.79. The van der Waals surface area contributed by atoms with E-state index in [2.05, 4.69) is 10.3 Å². The lowest BCUT2D eigenvalue weighted by molar-refractivity contribution is -0.127. The Labute approximate surface area is 148 Å². The number of para-hydroxylation sites is 1. The quantitative estimate of drug-likeness (QED) is 0.870. The summed E-state index contributed by atoms with van der Waals surface area (Å²) in [5.74, 6) is 0.952. The number of hydrogen-bond donors (Lipinski definition) is 2. The molecule has 1 aromatic heterocycles. The van der Waals surface area contributed by atoms with Gasteiger partial charge in [-0.05, 0) is 37.8 Å². The maximum absolute atomic E-state index is 12.6. The summed E-state index contributed by atoms with van der Waals surface area (Å²) >= 11 is 0. The smallest absolute Gasteiger partial charge is 0.223 e. The second-order valence-electron chi connectivity index (χ2n) is 6.64. The number of imidazole rings is 1. The van der Waals surface area contributed by atoms with E-state index in [-0.39, 0.29) is 24.0 Å². The van der Waals surface area contributed by atoms with E-state index >= 15 is 0 Å². The first-order valence-corrected chi connectivity index (χ1v) is 8.74. The van der Waals surface area contributed by atoms with E-state index in [1.807, 2.05) is 42.0 Å². The summed E-state index contributed by atoms with van der Waals surface area (Å²) in [4.78, 5) is 16.8. The fourth-order valence-electron chi connectivity index (χ4n) is 3.56. The molecule has 1 aliphatic carbocycles. The minimum Gasteiger partial charge on any atom is -0.380 e. The number of nitrogens with zero attached hydrogens (tertiary/aromatic N) is 2. The second kappa shape index (κ2) is 7.80. The molecule has 2 aromatic rings. The molecule has 6 nitrogen and oxygen atoms in total. The van der Waals surface area contributed by atoms with Crippen LogP contribution in [0.15, 0.2) is 36.7 Å². The first-order valence-electron chi connectivity index (χ1n) is 8.74. The molecule has 6 heteroatoms. The summed E-state index contributed by atoms with van der Waals surface area (Å²) in [7, 11) is 1.68. The van der Waals surface area contributed by atoms with Crippen LogP contribution in [0.5, 0.6) is 0 Å². The Morgan fingerprint density at radius 1 is 1.40 bits per heavy atom. The number of benzene rings is 1. The van der Waals surface area contributed by atoms with E-state index in [0.717, 1.165) is 29.9 Å². The van der Waals surface area contributed by atoms with Crippen molar-refractivity contribution >= 4 is 5.91 Å². The SMILES string of the molecule is CO[C@@H]1CC[C@H](C(=O)NCc2ccccc2-n2ccnc2C)C[C@H]1N. The second-order valence-corrected chi connectivity index (χ2v) is 6.64. The van der Waals surface area contributed by atoms with Crippen molar-refractivity contribution in [3.05, 3.63) is 48.0 Å². The van der Waals surface area contributed by atoms with E-state index < -0.39 is 0 Å². The molecule has 1 saturated carbocycles. The van der Waals surface area contributed by atoms with Gasteiger partial charge in [-0.2, -0.15) is 0 Å². The van der Waals surface area contributed by atoms with Crippen LogP contribution in [0.1, 0.15) is 30.7 Å². The third kappa shape index (κ3) is 3.91. The predicted molar refractivity (Wildman–Crippen MR) is 96.3 cm³/mol. The zero-order valence-corrected chi connectivity index (χ0v) is 14.8. The molecule has 0 bridgehead atoms. The van der Waals surface area contributed by atoms with Gasteiger partial charge in [0.05, 0.1) is 11.8 Å². The molecule has 3 atom stereocenters. The maximum Gasteiger partial charge on any atom is 0.223 e. The van der Waals surface area contributed by atoms with E-state index in [1.165, 1.54) is 0 Å². The molecule has 0 aliphatic heterocycles. The van der Waals surface area contributed by atoms with Crippen molar-refractivity contribution in [2.24, 2.45) is 11.7 Å². The van der Waals surface area contributed by atoms with Crippen molar-refractivity contribution in [2.45, 2.75) is 44.9 Å². The zero-order valence-electron chi connectivity index (χ0n) is 14.8. The molecule has 0 saturated heterocycles. The Morgan fingerprint density at radius 2 is 2.20 bits per heavy atom. The molecule has 134 valence electrons. The number of nitrogens with one attached hydrogen (secondary N) is 1. The van der Waals surface area contributed by atoms with Gasteiger partial charge in [0.1, 0.15) is 5.82 Å². The van der Waals surface area contributed by atoms with Crippen molar-refractivity contribution in [1.82, 2.24) is 14.9 Å². The molecule has 0 spiro atoms. The fourth-order valence-corrected chi connectivity index (χ4v) is 3.56. The van der Waals surface area contributed by atoms with Crippen molar-refractivity contribution in [2.75, 3.05) is 7.11 Å². The Morgan fingerprint density at radius 3 is 2.88 bits per heavy atom. The van der Waals surface area contributed by atoms with Gasteiger partial charge in [0.2, 0.25) is 5.91 Å². The van der Waals surface area contributed by atoms with Gasteiger partial charge in [0.25, 0.3) is 0 Å². The maximum atomic E-state index is 12.6. The van der Waals surface area contributed by atoms with Crippen molar-refractivity contribution < 1.29 is 9.53 Å². The number of aryl methyl sites for hydroxylation is 1. The average molecular weight is 342 g/mol. The number of rotatable bonds is 5. The molecule has 1 aromatic carbocycles. The number of amides is 1. The van der Waals surface area contributed by atoms with Gasteiger partial charge in [-0.25, -0.2) is 4.98 Å². The van der Waals surface area contributed by atoms with Crippen LogP contribution in [0, 0.1) is 12.8 Å². The van der Waals surface area contributed by atoms with Crippen LogP contribution in [0.3, 0.4) is 0 Å². The topological polar surface area (TPSA) is 82.2 Å². The van der Waals surface area contributed by atoms with Crippen LogP contribution in [0.2, 0.25) is 0 Å². The molecule has 0 radical (unpaired) electrons. The lowest BCUT2D eigenvalue weighted by Gasteiger charge is -2.32. The summed E-state index contributed by atoms with van der Waals surface area (Å²) < 4.78 is 7.39. The largest absolute Gasteiger partial charge is 0.380 e. The minimum absolute atomic E-state index is 0.0384. The summed E-state index contributed by atoms with van der Waals surface area (Å²) in [6, 6.07) is 7.97. The van der Waals surface area contributed by atoms with Crippen LogP contribution >= 0.6 is 0 Å². The van der Waals surface area contributed by atoms with Crippen molar-refractivity contribution in [1.29, 1.82) is 0 Å². The number of ether oxygens (including phenoxy) is 1.